The third-order valence-corrected chi connectivity index (χ3v) is 4.49. The first kappa shape index (κ1) is 19.1. The first-order chi connectivity index (χ1) is 11.4. The largest absolute Gasteiger partial charge is 0.309 e. The highest BCUT2D eigenvalue weighted by Gasteiger charge is 2.13. The van der Waals surface area contributed by atoms with Crippen LogP contribution >= 0.6 is 23.2 Å². The third-order valence-electron chi connectivity index (χ3n) is 4.00. The lowest BCUT2D eigenvalue weighted by Gasteiger charge is -2.20. The quantitative estimate of drug-likeness (QED) is 0.574. The van der Waals surface area contributed by atoms with Gasteiger partial charge in [-0.25, -0.2) is 0 Å². The molecule has 0 N–H and O–H groups in total. The molecule has 0 fully saturated rings. The van der Waals surface area contributed by atoms with Crippen molar-refractivity contribution in [3.8, 4) is 0 Å². The van der Waals surface area contributed by atoms with Gasteiger partial charge in [-0.15, -0.1) is 0 Å². The highest BCUT2D eigenvalue weighted by molar-refractivity contribution is 6.31. The third kappa shape index (κ3) is 5.37. The van der Waals surface area contributed by atoms with Gasteiger partial charge in [-0.3, -0.25) is 0 Å². The predicted octanol–water partition coefficient (Wildman–Crippen LogP) is 6.40. The van der Waals surface area contributed by atoms with Crippen LogP contribution in [0.1, 0.15) is 31.4 Å². The van der Waals surface area contributed by atoms with E-state index in [1.807, 2.05) is 30.3 Å². The Hall–Kier alpha value is -1.28. The fourth-order valence-corrected chi connectivity index (χ4v) is 3.55. The number of hydrogen-bond acceptors (Lipinski definition) is 1. The van der Waals surface area contributed by atoms with Crippen molar-refractivity contribution < 1.29 is 0 Å². The van der Waals surface area contributed by atoms with E-state index in [9.17, 15) is 0 Å². The van der Waals surface area contributed by atoms with Crippen LogP contribution in [0.3, 0.4) is 0 Å². The van der Waals surface area contributed by atoms with E-state index in [-0.39, 0.29) is 0 Å². The van der Waals surface area contributed by atoms with E-state index in [4.69, 9.17) is 23.2 Å². The summed E-state index contributed by atoms with van der Waals surface area (Å²) in [6.07, 6.45) is 1.04. The molecule has 0 heterocycles. The topological polar surface area (TPSA) is 3.24 Å². The van der Waals surface area contributed by atoms with Crippen LogP contribution < -0.4 is 0 Å². The van der Waals surface area contributed by atoms with Crippen molar-refractivity contribution >= 4 is 28.8 Å². The minimum Gasteiger partial charge on any atom is -0.309 e. The van der Waals surface area contributed by atoms with Gasteiger partial charge in [0.1, 0.15) is 0 Å². The van der Waals surface area contributed by atoms with Crippen LogP contribution in [0.25, 0.3) is 5.57 Å². The molecule has 0 aliphatic carbocycles. The maximum Gasteiger partial charge on any atom is 0.0412 e. The van der Waals surface area contributed by atoms with Crippen LogP contribution in [0.4, 0.5) is 0 Å². The Morgan fingerprint density at radius 1 is 0.958 bits per heavy atom. The highest BCUT2D eigenvalue weighted by atomic mass is 35.5. The van der Waals surface area contributed by atoms with Gasteiger partial charge in [-0.05, 0) is 74.3 Å². The van der Waals surface area contributed by atoms with Crippen molar-refractivity contribution in [2.45, 2.75) is 20.3 Å². The maximum absolute atomic E-state index is 6.23. The van der Waals surface area contributed by atoms with Gasteiger partial charge >= 0.3 is 0 Å². The van der Waals surface area contributed by atoms with Crippen LogP contribution in [0.15, 0.2) is 54.1 Å². The molecule has 1 nitrogen and oxygen atoms in total. The van der Waals surface area contributed by atoms with Gasteiger partial charge in [0.05, 0.1) is 0 Å². The van der Waals surface area contributed by atoms with Gasteiger partial charge < -0.3 is 4.90 Å². The number of halogens is 2. The molecule has 1 atom stereocenters. The lowest BCUT2D eigenvalue weighted by Crippen LogP contribution is -2.20. The summed E-state index contributed by atoms with van der Waals surface area (Å²) in [5, 5.41) is 1.51. The maximum atomic E-state index is 6.23. The monoisotopic (exact) mass is 361 g/mol. The Labute approximate surface area is 155 Å². The van der Waals surface area contributed by atoms with Crippen LogP contribution in [0, 0.1) is 5.92 Å². The Morgan fingerprint density at radius 3 is 2.21 bits per heavy atom. The van der Waals surface area contributed by atoms with Crippen molar-refractivity contribution in [1.82, 2.24) is 4.90 Å². The van der Waals surface area contributed by atoms with Crippen LogP contribution in [-0.4, -0.2) is 25.5 Å². The number of rotatable bonds is 6. The molecule has 24 heavy (non-hydrogen) atoms. The Balaban J connectivity index is 2.45. The molecule has 0 saturated heterocycles. The Kier molecular flexibility index (Phi) is 6.91. The van der Waals surface area contributed by atoms with E-state index in [0.29, 0.717) is 5.92 Å². The molecule has 2 rings (SSSR count). The van der Waals surface area contributed by atoms with E-state index >= 15 is 0 Å². The summed E-state index contributed by atoms with van der Waals surface area (Å²) in [5.74, 6) is 0.585. The molecule has 3 heteroatoms. The second-order valence-electron chi connectivity index (χ2n) is 6.74. The number of benzene rings is 2. The molecule has 128 valence electrons. The number of nitrogens with zero attached hydrogens (tertiary/aromatic N) is 1. The SMILES string of the molecule is CC(CC(C)CN(C)C)=C(c1ccc(Cl)cc1)c1cccc(Cl)c1. The van der Waals surface area contributed by atoms with Crippen molar-refractivity contribution in [1.29, 1.82) is 0 Å². The number of hydrogen-bond donors (Lipinski definition) is 0. The first-order valence-corrected chi connectivity index (χ1v) is 8.98. The summed E-state index contributed by atoms with van der Waals surface area (Å²) < 4.78 is 0. The molecule has 2 aromatic carbocycles. The van der Waals surface area contributed by atoms with Crippen molar-refractivity contribution in [3.05, 3.63) is 75.3 Å². The van der Waals surface area contributed by atoms with E-state index in [1.54, 1.807) is 0 Å². The van der Waals surface area contributed by atoms with Crippen molar-refractivity contribution in [2.75, 3.05) is 20.6 Å². The molecule has 0 radical (unpaired) electrons. The van der Waals surface area contributed by atoms with E-state index in [2.05, 4.69) is 51.0 Å². The first-order valence-electron chi connectivity index (χ1n) is 8.23. The summed E-state index contributed by atoms with van der Waals surface area (Å²) >= 11 is 12.3. The minimum atomic E-state index is 0.585. The van der Waals surface area contributed by atoms with Gasteiger partial charge in [-0.1, -0.05) is 60.0 Å². The lowest BCUT2D eigenvalue weighted by atomic mass is 9.89. The van der Waals surface area contributed by atoms with Crippen molar-refractivity contribution in [3.63, 3.8) is 0 Å². The summed E-state index contributed by atoms with van der Waals surface area (Å²) in [6, 6.07) is 16.1. The lowest BCUT2D eigenvalue weighted by molar-refractivity contribution is 0.338. The van der Waals surface area contributed by atoms with Crippen molar-refractivity contribution in [2.24, 2.45) is 5.92 Å². The molecule has 0 saturated carbocycles. The summed E-state index contributed by atoms with van der Waals surface area (Å²) in [7, 11) is 4.24. The zero-order chi connectivity index (χ0) is 17.7. The second-order valence-corrected chi connectivity index (χ2v) is 7.62. The van der Waals surface area contributed by atoms with Gasteiger partial charge in [0, 0.05) is 16.6 Å². The zero-order valence-electron chi connectivity index (χ0n) is 14.8. The fourth-order valence-electron chi connectivity index (χ4n) is 3.23. The van der Waals surface area contributed by atoms with E-state index in [1.165, 1.54) is 16.7 Å². The van der Waals surface area contributed by atoms with Gasteiger partial charge in [0.15, 0.2) is 0 Å². The van der Waals surface area contributed by atoms with Gasteiger partial charge in [-0.2, -0.15) is 0 Å². The Bertz CT molecular complexity index is 702. The fraction of sp³-hybridized carbons (Fsp3) is 0.333. The summed E-state index contributed by atoms with van der Waals surface area (Å²) in [5.41, 5.74) is 4.95. The van der Waals surface area contributed by atoms with E-state index < -0.39 is 0 Å². The number of allylic oxidation sites excluding steroid dienone is 1. The molecular formula is C21H25Cl2N. The molecule has 0 aromatic heterocycles. The molecule has 0 aliphatic heterocycles. The normalized spacial score (nSPS) is 13.8. The standard InChI is InChI=1S/C21H25Cl2N/c1-15(14-24(3)4)12-16(2)21(17-8-10-19(22)11-9-17)18-6-5-7-20(23)13-18/h5-11,13,15H,12,14H2,1-4H3. The minimum absolute atomic E-state index is 0.585. The van der Waals surface area contributed by atoms with Crippen LogP contribution in [0.2, 0.25) is 10.0 Å². The average Bonchev–Trinajstić information content (AvgIpc) is 2.48. The molecule has 0 aliphatic rings. The highest BCUT2D eigenvalue weighted by Crippen LogP contribution is 2.32. The van der Waals surface area contributed by atoms with Crippen LogP contribution in [0.5, 0.6) is 0 Å². The second kappa shape index (κ2) is 8.71. The zero-order valence-corrected chi connectivity index (χ0v) is 16.3. The van der Waals surface area contributed by atoms with Gasteiger partial charge in [0.2, 0.25) is 0 Å². The molecule has 0 spiro atoms. The van der Waals surface area contributed by atoms with E-state index in [0.717, 1.165) is 28.6 Å². The molecular weight excluding hydrogens is 337 g/mol. The smallest absolute Gasteiger partial charge is 0.0412 e. The predicted molar refractivity (Wildman–Crippen MR) is 107 cm³/mol. The molecule has 1 unspecified atom stereocenters. The Morgan fingerprint density at radius 2 is 1.62 bits per heavy atom. The molecule has 0 bridgehead atoms. The van der Waals surface area contributed by atoms with Crippen LogP contribution in [-0.2, 0) is 0 Å². The van der Waals surface area contributed by atoms with Gasteiger partial charge in [0.25, 0.3) is 0 Å². The average molecular weight is 362 g/mol. The summed E-state index contributed by atoms with van der Waals surface area (Å²) in [6.45, 7) is 5.58. The molecule has 2 aromatic rings. The summed E-state index contributed by atoms with van der Waals surface area (Å²) in [4.78, 5) is 2.24. The molecule has 0 amide bonds.